The number of carboxylic acids is 1. The van der Waals surface area contributed by atoms with Gasteiger partial charge in [0.15, 0.2) is 5.78 Å². The van der Waals surface area contributed by atoms with E-state index in [1.807, 2.05) is 0 Å². The number of likely N-dealkylation sites (N-methyl/N-ethyl adjacent to an activating group) is 1. The fraction of sp³-hybridized carbons (Fsp3) is 0.573. The molecule has 2 aromatic heterocycles. The zero-order valence-corrected chi connectivity index (χ0v) is 74.7. The molecule has 14 atom stereocenters. The number of amides is 17. The first kappa shape index (κ1) is 103. The smallest absolute Gasteiger partial charge is 0.305 e. The van der Waals surface area contributed by atoms with Crippen molar-refractivity contribution in [3.8, 4) is 0 Å². The van der Waals surface area contributed by atoms with E-state index in [0.717, 1.165) is 47.1 Å². The number of rotatable bonds is 19. The number of fused-ring (bicyclic) bond motifs is 11. The summed E-state index contributed by atoms with van der Waals surface area (Å²) in [5.74, 6) is -21.6. The molecule has 22 N–H and O–H groups in total. The van der Waals surface area contributed by atoms with Crippen molar-refractivity contribution < 1.29 is 101 Å². The summed E-state index contributed by atoms with van der Waals surface area (Å²) in [5.41, 5.74) is 13.6. The van der Waals surface area contributed by atoms with Gasteiger partial charge in [-0.2, -0.15) is 11.8 Å². The van der Waals surface area contributed by atoms with Crippen LogP contribution in [-0.4, -0.2) is 327 Å². The summed E-state index contributed by atoms with van der Waals surface area (Å²) in [6, 6.07) is -3.00. The molecule has 0 aliphatic carbocycles. The molecule has 2 aromatic carbocycles. The minimum absolute atomic E-state index is 0.0145. The summed E-state index contributed by atoms with van der Waals surface area (Å²) >= 11 is 2.71. The number of aliphatic hydroxyl groups is 1. The van der Waals surface area contributed by atoms with Gasteiger partial charge in [-0.05, 0) is 68.2 Å². The largest absolute Gasteiger partial charge is 0.481 e. The molecule has 3 saturated heterocycles. The summed E-state index contributed by atoms with van der Waals surface area (Å²) in [5, 5.41) is 59.1. The molecule has 1 unspecified atom stereocenters. The molecule has 3 aliphatic rings. The molecule has 42 nitrogen and oxygen atoms in total. The minimum Gasteiger partial charge on any atom is -0.481 e. The SMILES string of the molecule is CC[C@@H]1NC(=O)[C@H]([C@@H](C)O)NC(=O)[C@@H](CC(=O)[C@H](C)NC(=O)CN(C)C(=O)CCN)CSCC(=O)NCCN2CCNC(=O)CSC[C@@H](C(N)=O)NC(=O)[C@@H]3CCCN3C(=O)[C@H](C(C)C)NC(=O)[C@H](Cc3c[nH]c4ccccc34)NC(=O)CNC(=O)[C@H](CC(=O)O)NC(=O)[C@H](C(C)C)NC(=O)[C@H](Cc3c[nH]c4ccccc34)NC(=O)[C@H](CSCC(=O)NCC2)NC1=O. The number of hydrogen-bond donors (Lipinski definition) is 20. The Morgan fingerprint density at radius 3 is 1.58 bits per heavy atom. The summed E-state index contributed by atoms with van der Waals surface area (Å²) in [4.78, 5) is 277. The van der Waals surface area contributed by atoms with Crippen molar-refractivity contribution >= 4 is 169 Å². The number of aromatic amines is 2. The van der Waals surface area contributed by atoms with Gasteiger partial charge in [-0.15, -0.1) is 23.5 Å². The molecular formula is C82H119N21O21S3. The molecule has 3 fully saturated rings. The highest BCUT2D eigenvalue weighted by Gasteiger charge is 2.43. The lowest BCUT2D eigenvalue weighted by Crippen LogP contribution is -2.61. The van der Waals surface area contributed by atoms with Crippen LogP contribution in [0.1, 0.15) is 98.1 Å². The van der Waals surface area contributed by atoms with Gasteiger partial charge in [-0.3, -0.25) is 96.0 Å². The highest BCUT2D eigenvalue weighted by atomic mass is 32.2. The third-order valence-electron chi connectivity index (χ3n) is 21.3. The molecule has 4 aromatic rings. The predicted molar refractivity (Wildman–Crippen MR) is 472 cm³/mol. The van der Waals surface area contributed by atoms with Crippen LogP contribution in [0.25, 0.3) is 21.8 Å². The van der Waals surface area contributed by atoms with Crippen molar-refractivity contribution in [1.82, 2.24) is 99.1 Å². The van der Waals surface area contributed by atoms with Crippen molar-refractivity contribution in [3.63, 3.8) is 0 Å². The van der Waals surface area contributed by atoms with Gasteiger partial charge in [0.05, 0.1) is 54.8 Å². The molecule has 5 heterocycles. The number of carbonyl (C=O) groups is 19. The van der Waals surface area contributed by atoms with Gasteiger partial charge in [0.2, 0.25) is 100 Å². The highest BCUT2D eigenvalue weighted by molar-refractivity contribution is 8.00. The first-order valence-corrected chi connectivity index (χ1v) is 45.4. The van der Waals surface area contributed by atoms with Crippen molar-refractivity contribution in [2.75, 3.05) is 107 Å². The monoisotopic (exact) mass is 1830 g/mol. The fourth-order valence-electron chi connectivity index (χ4n) is 14.2. The molecule has 3 aliphatic heterocycles. The predicted octanol–water partition coefficient (Wildman–Crippen LogP) is -5.27. The van der Waals surface area contributed by atoms with Crippen LogP contribution < -0.4 is 85.9 Å². The second-order valence-electron chi connectivity index (χ2n) is 31.9. The number of carboxylic acid groups (broad SMARTS) is 1. The van der Waals surface area contributed by atoms with Crippen molar-refractivity contribution in [1.29, 1.82) is 0 Å². The first-order valence-electron chi connectivity index (χ1n) is 42.0. The number of nitrogens with zero attached hydrogens (tertiary/aromatic N) is 3. The van der Waals surface area contributed by atoms with Crippen molar-refractivity contribution in [2.24, 2.45) is 29.2 Å². The van der Waals surface area contributed by atoms with E-state index < -0.39 is 234 Å². The lowest BCUT2D eigenvalue weighted by molar-refractivity contribution is -0.143. The van der Waals surface area contributed by atoms with Crippen LogP contribution in [0.3, 0.4) is 0 Å². The van der Waals surface area contributed by atoms with Crippen molar-refractivity contribution in [3.05, 3.63) is 72.1 Å². The number of primary amides is 1. The van der Waals surface area contributed by atoms with Gasteiger partial charge in [0.25, 0.3) is 0 Å². The van der Waals surface area contributed by atoms with Crippen LogP contribution in [0.4, 0.5) is 0 Å². The maximum atomic E-state index is 15.2. The molecular weight excluding hydrogens is 1710 g/mol. The number of carbonyl (C=O) groups excluding carboxylic acids is 18. The Bertz CT molecular complexity index is 4610. The number of benzene rings is 2. The first-order chi connectivity index (χ1) is 60.4. The number of thioether (sulfide) groups is 3. The van der Waals surface area contributed by atoms with E-state index in [4.69, 9.17) is 11.5 Å². The van der Waals surface area contributed by atoms with E-state index in [2.05, 4.69) is 84.4 Å². The maximum absolute atomic E-state index is 15.2. The summed E-state index contributed by atoms with van der Waals surface area (Å²) in [6.45, 7) is 9.17. The molecule has 7 rings (SSSR count). The lowest BCUT2D eigenvalue weighted by atomic mass is 9.98. The Balaban J connectivity index is 1.24. The second kappa shape index (κ2) is 50.8. The number of aliphatic carboxylic acids is 1. The number of aromatic nitrogens is 2. The van der Waals surface area contributed by atoms with Gasteiger partial charge in [0, 0.05) is 137 Å². The van der Waals surface area contributed by atoms with Gasteiger partial charge in [-0.1, -0.05) is 71.0 Å². The molecule has 17 amide bonds. The summed E-state index contributed by atoms with van der Waals surface area (Å²) in [7, 11) is 1.36. The topological polar surface area (TPSA) is 627 Å². The molecule has 696 valence electrons. The Hall–Kier alpha value is -11.4. The zero-order valence-electron chi connectivity index (χ0n) is 72.3. The van der Waals surface area contributed by atoms with E-state index in [0.29, 0.717) is 39.4 Å². The fourth-order valence-corrected chi connectivity index (χ4v) is 16.9. The quantitative estimate of drug-likeness (QED) is 0.0417. The second-order valence-corrected chi connectivity index (χ2v) is 35.0. The number of H-pyrrole nitrogens is 2. The Kier molecular flexibility index (Phi) is 41.1. The van der Waals surface area contributed by atoms with Gasteiger partial charge in [0.1, 0.15) is 60.4 Å². The van der Waals surface area contributed by atoms with Crippen LogP contribution in [0, 0.1) is 17.8 Å². The number of nitrogens with two attached hydrogens (primary N) is 2. The van der Waals surface area contributed by atoms with Crippen LogP contribution in [0.15, 0.2) is 60.9 Å². The summed E-state index contributed by atoms with van der Waals surface area (Å²) in [6.07, 6.45) is -0.557. The Morgan fingerprint density at radius 1 is 0.543 bits per heavy atom. The van der Waals surface area contributed by atoms with Crippen LogP contribution in [0.5, 0.6) is 0 Å². The third kappa shape index (κ3) is 32.1. The average Bonchev–Trinajstić information content (AvgIpc) is 1.72. The number of hydrogen-bond acceptors (Lipinski definition) is 25. The van der Waals surface area contributed by atoms with E-state index in [-0.39, 0.29) is 113 Å². The van der Waals surface area contributed by atoms with Crippen molar-refractivity contribution in [2.45, 2.75) is 172 Å². The van der Waals surface area contributed by atoms with E-state index in [1.165, 1.54) is 39.6 Å². The number of para-hydroxylation sites is 2. The molecule has 2 bridgehead atoms. The standard InChI is InChI=1S/C82H119N21O21S3/c1-9-52-75(117)97-59-39-127-42-66(110)87-24-28-102(26-22-85-64(108)40-125-37-49(73(115)100-71(46(7)104)81(123)93-52)31-61(105)45(6)91-63(107)36-101(8)67(111)20-21-83)27-23-86-65(109)41-126-38-58(72(84)114)96-79(121)60-19-14-25-103(60)82(124)70(44(4)5)99-76(118)55(29-47-33-88-53-17-12-10-15-50(47)53)92-62(106)35-90-74(116)57(32-68(112)113)95-80(122)69(43(2)3)98-77(119)56(94-78(59)120)30-48-34-89-54-18-13-11-16-51(48)54/h10-13,15-18,33-34,43-46,49,52,55-60,69-71,88-89,104H,9,14,19-32,35-42,83H2,1-8H3,(H2,84,114)(H,85,108)(H,86,109)(H,87,110)(H,90,116)(H,91,107)(H,92,106)(H,93,123)(H,94,120)(H,95,122)(H,96,121)(H,97,117)(H,98,119)(H,99,118)(H,100,115)(H,112,113)/t45-,46+,49-,52-,55-,56-,57-,58-,59-,60-,69-,70-,71-/m0/s1. The zero-order chi connectivity index (χ0) is 93.3. The molecule has 0 spiro atoms. The summed E-state index contributed by atoms with van der Waals surface area (Å²) < 4.78 is 0. The Morgan fingerprint density at radius 2 is 1.05 bits per heavy atom. The van der Waals surface area contributed by atoms with Gasteiger partial charge < -0.3 is 116 Å². The van der Waals surface area contributed by atoms with Crippen LogP contribution in [0.2, 0.25) is 0 Å². The normalized spacial score (nSPS) is 24.8. The number of aliphatic hydroxyl groups excluding tert-OH is 1. The van der Waals surface area contributed by atoms with Gasteiger partial charge >= 0.3 is 5.97 Å². The van der Waals surface area contributed by atoms with E-state index in [1.54, 1.807) is 79.7 Å². The molecule has 0 radical (unpaired) electrons. The molecule has 45 heteroatoms. The molecule has 127 heavy (non-hydrogen) atoms. The minimum atomic E-state index is -1.95. The van der Waals surface area contributed by atoms with E-state index >= 15 is 9.59 Å². The van der Waals surface area contributed by atoms with E-state index in [9.17, 15) is 91.7 Å². The van der Waals surface area contributed by atoms with Crippen LogP contribution >= 0.6 is 35.3 Å². The Labute approximate surface area is 746 Å². The number of nitrogens with one attached hydrogen (secondary N) is 16. The number of Topliss-reactive ketones (excluding diaryl/α,β-unsaturated/α-hetero) is 1. The highest BCUT2D eigenvalue weighted by Crippen LogP contribution is 2.25. The average molecular weight is 1830 g/mol. The number of ketones is 1. The van der Waals surface area contributed by atoms with Gasteiger partial charge in [-0.25, -0.2) is 0 Å². The van der Waals surface area contributed by atoms with Crippen LogP contribution in [-0.2, 0) is 104 Å². The maximum Gasteiger partial charge on any atom is 0.305 e. The lowest BCUT2D eigenvalue weighted by Gasteiger charge is -2.32. The molecule has 0 saturated carbocycles. The third-order valence-corrected chi connectivity index (χ3v) is 24.5.